The Kier molecular flexibility index (Phi) is 12.5. The molecule has 4 aromatic carbocycles. The van der Waals surface area contributed by atoms with Gasteiger partial charge in [-0.25, -0.2) is 0 Å². The Morgan fingerprint density at radius 2 is 0.754 bits per heavy atom. The molecule has 6 aliphatic carbocycles. The fraction of sp³-hybridized carbons (Fsp3) is 0.207. The summed E-state index contributed by atoms with van der Waals surface area (Å²) in [5.41, 5.74) is 22.6. The standard InChI is InChI=1S/2C29H27N2O2Si.Hf/c2*1-17-13-19-14-24(30-15-32)28(31-16-33)29(34(3)4)18(2)26(19)25(17)27-22-11-7-5-9-20(22)21-10-6-8-12-23(21)27;/h2*5-12,14-16,18,27H,1-4H3,(H,30,32)(H,31,33);. The van der Waals surface area contributed by atoms with E-state index in [9.17, 15) is 19.2 Å². The Balaban J connectivity index is 1.27. The Labute approximate surface area is 418 Å². The quantitative estimate of drug-likeness (QED) is 0.0837. The van der Waals surface area contributed by atoms with Crippen molar-refractivity contribution in [3.8, 4) is 22.3 Å². The van der Waals surface area contributed by atoms with Crippen LogP contribution in [0.15, 0.2) is 183 Å². The molecule has 0 aliphatic heterocycles. The van der Waals surface area contributed by atoms with Crippen molar-refractivity contribution in [2.45, 2.75) is 65.7 Å². The summed E-state index contributed by atoms with van der Waals surface area (Å²) in [4.78, 5) is 50.2. The van der Waals surface area contributed by atoms with Crippen LogP contribution in [0.3, 0.4) is 0 Å². The minimum atomic E-state index is -2.29. The predicted octanol–water partition coefficient (Wildman–Crippen LogP) is 9.44. The average Bonchev–Trinajstić information content (AvgIpc) is 3.97. The topological polar surface area (TPSA) is 116 Å². The molecule has 342 valence electrons. The zero-order chi connectivity index (χ0) is 48.4. The van der Waals surface area contributed by atoms with E-state index in [2.05, 4.69) is 184 Å². The van der Waals surface area contributed by atoms with Gasteiger partial charge in [0.25, 0.3) is 0 Å². The van der Waals surface area contributed by atoms with E-state index in [0.717, 1.165) is 47.1 Å². The third-order valence-corrected chi connectivity index (χ3v) is 25.0. The molecule has 0 spiro atoms. The van der Waals surface area contributed by atoms with Gasteiger partial charge in [0.15, 0.2) is 0 Å². The molecule has 11 heteroatoms. The van der Waals surface area contributed by atoms with Crippen molar-refractivity contribution in [2.75, 3.05) is 0 Å². The van der Waals surface area contributed by atoms with Gasteiger partial charge < -0.3 is 0 Å². The van der Waals surface area contributed by atoms with E-state index >= 15 is 0 Å². The number of benzene rings is 4. The number of hydrogen-bond donors (Lipinski definition) is 4. The normalized spacial score (nSPS) is 19.5. The van der Waals surface area contributed by atoms with Crippen LogP contribution in [0.2, 0.25) is 26.2 Å². The molecule has 0 saturated heterocycles. The van der Waals surface area contributed by atoms with Crippen molar-refractivity contribution < 1.29 is 42.1 Å². The molecule has 0 fully saturated rings. The fourth-order valence-corrected chi connectivity index (χ4v) is 21.7. The molecule has 8 nitrogen and oxygen atoms in total. The molecule has 10 rings (SSSR count). The van der Waals surface area contributed by atoms with Crippen LogP contribution >= 0.6 is 0 Å². The molecule has 0 radical (unpaired) electrons. The minimum absolute atomic E-state index is 0.0327. The van der Waals surface area contributed by atoms with E-state index in [4.69, 9.17) is 0 Å². The molecule has 0 bridgehead atoms. The van der Waals surface area contributed by atoms with Crippen LogP contribution in [0.1, 0.15) is 61.8 Å². The molecular weight excluding hydrogens is 1050 g/mol. The predicted molar refractivity (Wildman–Crippen MR) is 277 cm³/mol. The molecule has 4 aromatic rings. The molecule has 0 aromatic heterocycles. The molecule has 0 saturated carbocycles. The molecule has 6 aliphatic rings. The number of rotatable bonds is 12. The van der Waals surface area contributed by atoms with Crippen LogP contribution in [-0.4, -0.2) is 52.8 Å². The van der Waals surface area contributed by atoms with E-state index < -0.39 is 39.7 Å². The molecule has 2 unspecified atom stereocenters. The molecular formula is C58H54HfN4O4Si2. The SMILES string of the molecule is CC1=[C]([Hf][C]2=C(C)C(C3c4ccccc4-c4ccccc43)=C3C2=CC(NC=O)=C(NC=O)C(=[Si](C)C)C3C)C2=CC(NC=O)=C(NC=O)C(=[Si](C)C)C(C)C2=C1C1c2ccccc2-c2ccccc21. The molecule has 0 heterocycles. The molecule has 2 atom stereocenters. The van der Waals surface area contributed by atoms with Crippen LogP contribution in [0.25, 0.3) is 22.3 Å². The number of allylic oxidation sites excluding steroid dienone is 14. The Hall–Kier alpha value is -6.28. The van der Waals surface area contributed by atoms with E-state index in [1.54, 1.807) is 0 Å². The Morgan fingerprint density at radius 3 is 1.04 bits per heavy atom. The number of carbonyl (C=O) groups is 4. The van der Waals surface area contributed by atoms with Gasteiger partial charge in [-0.15, -0.1) is 0 Å². The van der Waals surface area contributed by atoms with Crippen molar-refractivity contribution in [1.29, 1.82) is 0 Å². The zero-order valence-electron chi connectivity index (χ0n) is 40.1. The Morgan fingerprint density at radius 1 is 0.449 bits per heavy atom. The van der Waals surface area contributed by atoms with Gasteiger partial charge in [0.1, 0.15) is 0 Å². The summed E-state index contributed by atoms with van der Waals surface area (Å²) in [5.74, 6) is -0.230. The van der Waals surface area contributed by atoms with E-state index in [0.29, 0.717) is 22.8 Å². The average molecular weight is 1110 g/mol. The van der Waals surface area contributed by atoms with Gasteiger partial charge in [0.05, 0.1) is 0 Å². The van der Waals surface area contributed by atoms with Gasteiger partial charge in [-0.2, -0.15) is 0 Å². The number of carbonyl (C=O) groups excluding carboxylic acids is 4. The first-order chi connectivity index (χ1) is 33.5. The fourth-order valence-electron chi connectivity index (χ4n) is 12.6. The van der Waals surface area contributed by atoms with Crippen molar-refractivity contribution in [3.05, 3.63) is 206 Å². The van der Waals surface area contributed by atoms with E-state index in [-0.39, 0.29) is 23.7 Å². The molecule has 69 heavy (non-hydrogen) atoms. The monoisotopic (exact) mass is 1110 g/mol. The second kappa shape index (κ2) is 18.6. The number of fused-ring (bicyclic) bond motifs is 8. The number of nitrogens with one attached hydrogen (secondary N) is 4. The summed E-state index contributed by atoms with van der Waals surface area (Å²) in [6.07, 6.45) is 7.21. The van der Waals surface area contributed by atoms with Crippen molar-refractivity contribution in [3.63, 3.8) is 0 Å². The summed E-state index contributed by atoms with van der Waals surface area (Å²) in [6.45, 7) is 18.3. The van der Waals surface area contributed by atoms with Gasteiger partial charge in [0.2, 0.25) is 0 Å². The summed E-state index contributed by atoms with van der Waals surface area (Å²) in [7, 11) is -2.41. The summed E-state index contributed by atoms with van der Waals surface area (Å²) >= 11 is -2.29. The van der Waals surface area contributed by atoms with E-state index in [1.807, 2.05) is 0 Å². The zero-order valence-corrected chi connectivity index (χ0v) is 45.7. The second-order valence-corrected chi connectivity index (χ2v) is 28.6. The third-order valence-electron chi connectivity index (χ3n) is 15.1. The van der Waals surface area contributed by atoms with Crippen LogP contribution < -0.4 is 21.3 Å². The first-order valence-corrected chi connectivity index (χ1v) is 32.2. The first-order valence-electron chi connectivity index (χ1n) is 23.6. The summed E-state index contributed by atoms with van der Waals surface area (Å²) in [6, 6.07) is 35.2. The number of hydrogen-bond acceptors (Lipinski definition) is 4. The van der Waals surface area contributed by atoms with Crippen molar-refractivity contribution >= 4 is 52.8 Å². The third kappa shape index (κ3) is 7.30. The number of amides is 4. The van der Waals surface area contributed by atoms with Gasteiger partial charge in [0, 0.05) is 0 Å². The first kappa shape index (κ1) is 46.5. The molecule has 4 amide bonds. The summed E-state index contributed by atoms with van der Waals surface area (Å²) < 4.78 is 2.68. The van der Waals surface area contributed by atoms with Gasteiger partial charge in [-0.1, -0.05) is 0 Å². The van der Waals surface area contributed by atoms with Crippen molar-refractivity contribution in [2.24, 2.45) is 11.8 Å². The van der Waals surface area contributed by atoms with Gasteiger partial charge in [-0.3, -0.25) is 0 Å². The van der Waals surface area contributed by atoms with Crippen LogP contribution in [-0.2, 0) is 42.1 Å². The Bertz CT molecular complexity index is 3020. The maximum atomic E-state index is 12.6. The summed E-state index contributed by atoms with van der Waals surface area (Å²) in [5, 5.41) is 14.6. The maximum absolute atomic E-state index is 12.6. The van der Waals surface area contributed by atoms with Gasteiger partial charge in [-0.05, 0) is 0 Å². The van der Waals surface area contributed by atoms with Crippen LogP contribution in [0.4, 0.5) is 0 Å². The van der Waals surface area contributed by atoms with E-state index in [1.165, 1.54) is 84.6 Å². The second-order valence-electron chi connectivity index (χ2n) is 19.0. The van der Waals surface area contributed by atoms with Gasteiger partial charge >= 0.3 is 421 Å². The van der Waals surface area contributed by atoms with Crippen LogP contribution in [0.5, 0.6) is 0 Å². The van der Waals surface area contributed by atoms with Crippen molar-refractivity contribution in [1.82, 2.24) is 21.3 Å². The molecule has 4 N–H and O–H groups in total. The van der Waals surface area contributed by atoms with Crippen LogP contribution in [0, 0.1) is 11.8 Å².